The summed E-state index contributed by atoms with van der Waals surface area (Å²) in [6.07, 6.45) is 0. The molecule has 11 aromatic rings. The van der Waals surface area contributed by atoms with Crippen LogP contribution in [-0.2, 0) is 0 Å². The molecule has 0 bridgehead atoms. The molecule has 0 atom stereocenters. The summed E-state index contributed by atoms with van der Waals surface area (Å²) >= 11 is 1.83. The summed E-state index contributed by atoms with van der Waals surface area (Å²) in [6.45, 7) is 0. The Labute approximate surface area is 350 Å². The molecule has 3 aromatic heterocycles. The van der Waals surface area contributed by atoms with E-state index in [1.807, 2.05) is 96.3 Å². The van der Waals surface area contributed by atoms with Crippen LogP contribution in [0.25, 0.3) is 104 Å². The van der Waals surface area contributed by atoms with E-state index in [4.69, 9.17) is 9.97 Å². The third-order valence-corrected chi connectivity index (χ3v) is 12.5. The lowest BCUT2D eigenvalue weighted by molar-refractivity contribution is 1.17. The molecule has 60 heavy (non-hydrogen) atoms. The molecule has 0 spiro atoms. The maximum atomic E-state index is 9.86. The van der Waals surface area contributed by atoms with Crippen molar-refractivity contribution < 1.29 is 0 Å². The van der Waals surface area contributed by atoms with Crippen molar-refractivity contribution in [2.24, 2.45) is 0 Å². The fraction of sp³-hybridized carbons (Fsp3) is 0. The molecule has 278 valence electrons. The molecule has 0 aliphatic rings. The molecule has 8 aromatic carbocycles. The average Bonchev–Trinajstić information content (AvgIpc) is 3.87. The lowest BCUT2D eigenvalue weighted by atomic mass is 9.91. The minimum absolute atomic E-state index is 0.583. The third-order valence-electron chi connectivity index (χ3n) is 11.3. The monoisotopic (exact) mass is 781 g/mol. The largest absolute Gasteiger partial charge is 0.308 e. The number of nitriles is 2. The van der Waals surface area contributed by atoms with Crippen LogP contribution >= 0.6 is 11.3 Å². The summed E-state index contributed by atoms with van der Waals surface area (Å²) in [5, 5.41) is 24.6. The van der Waals surface area contributed by atoms with Gasteiger partial charge in [-0.1, -0.05) is 127 Å². The van der Waals surface area contributed by atoms with Crippen LogP contribution in [0.5, 0.6) is 0 Å². The predicted octanol–water partition coefficient (Wildman–Crippen LogP) is 14.0. The Bertz CT molecular complexity index is 3400. The number of thiophene rings is 1. The molecule has 3 heterocycles. The second-order valence-electron chi connectivity index (χ2n) is 14.8. The number of rotatable bonds is 6. The Balaban J connectivity index is 1.28. The highest BCUT2D eigenvalue weighted by molar-refractivity contribution is 7.26. The first-order valence-electron chi connectivity index (χ1n) is 19.7. The van der Waals surface area contributed by atoms with Crippen molar-refractivity contribution in [3.8, 4) is 74.0 Å². The van der Waals surface area contributed by atoms with Crippen molar-refractivity contribution in [2.45, 2.75) is 0 Å². The summed E-state index contributed by atoms with van der Waals surface area (Å²) in [5.41, 5.74) is 12.5. The third kappa shape index (κ3) is 5.83. The maximum Gasteiger partial charge on any atom is 0.160 e. The second-order valence-corrected chi connectivity index (χ2v) is 15.8. The molecule has 0 amide bonds. The number of aromatic nitrogens is 3. The Kier molecular flexibility index (Phi) is 8.37. The van der Waals surface area contributed by atoms with Crippen LogP contribution in [-0.4, -0.2) is 14.5 Å². The standard InChI is InChI=1S/C54H31N5S/c55-32-34-19-23-36(24-20-34)44-29-40(54-57-46(38-11-3-1-4-12-38)31-47(58-54)39-13-5-2-6-14-39)30-45(37-25-21-35(33-56)22-26-37)52(44)59-48-17-9-7-16-43(48)51-49(59)28-27-42-41-15-8-10-18-50(41)60-53(42)51/h1-31H. The molecular weight excluding hydrogens is 751 g/mol. The minimum atomic E-state index is 0.583. The number of benzene rings is 8. The normalized spacial score (nSPS) is 11.3. The predicted molar refractivity (Wildman–Crippen MR) is 246 cm³/mol. The highest BCUT2D eigenvalue weighted by Gasteiger charge is 2.24. The molecule has 0 radical (unpaired) electrons. The Morgan fingerprint density at radius 3 is 1.55 bits per heavy atom. The molecule has 0 aliphatic carbocycles. The Hall–Kier alpha value is -8.16. The summed E-state index contributed by atoms with van der Waals surface area (Å²) < 4.78 is 4.90. The maximum absolute atomic E-state index is 9.86. The summed E-state index contributed by atoms with van der Waals surface area (Å²) in [5.74, 6) is 0.584. The van der Waals surface area contributed by atoms with Crippen LogP contribution in [0.4, 0.5) is 0 Å². The number of para-hydroxylation sites is 1. The van der Waals surface area contributed by atoms with Crippen LogP contribution < -0.4 is 0 Å². The van der Waals surface area contributed by atoms with Gasteiger partial charge in [-0.2, -0.15) is 10.5 Å². The van der Waals surface area contributed by atoms with E-state index in [9.17, 15) is 10.5 Å². The summed E-state index contributed by atoms with van der Waals surface area (Å²) in [4.78, 5) is 10.5. The topological polar surface area (TPSA) is 78.3 Å². The molecular formula is C54H31N5S. The highest BCUT2D eigenvalue weighted by Crippen LogP contribution is 2.47. The van der Waals surface area contributed by atoms with Crippen molar-refractivity contribution >= 4 is 53.3 Å². The van der Waals surface area contributed by atoms with E-state index in [0.717, 1.165) is 72.4 Å². The Morgan fingerprint density at radius 2 is 0.967 bits per heavy atom. The molecule has 5 nitrogen and oxygen atoms in total. The number of hydrogen-bond donors (Lipinski definition) is 0. The van der Waals surface area contributed by atoms with Crippen molar-refractivity contribution in [1.29, 1.82) is 10.5 Å². The van der Waals surface area contributed by atoms with Crippen LogP contribution in [0.1, 0.15) is 11.1 Å². The van der Waals surface area contributed by atoms with Gasteiger partial charge in [-0.05, 0) is 71.8 Å². The van der Waals surface area contributed by atoms with Gasteiger partial charge in [0.15, 0.2) is 5.82 Å². The van der Waals surface area contributed by atoms with E-state index >= 15 is 0 Å². The number of fused-ring (bicyclic) bond motifs is 7. The molecule has 11 rings (SSSR count). The smallest absolute Gasteiger partial charge is 0.160 e. The van der Waals surface area contributed by atoms with Gasteiger partial charge in [0.1, 0.15) is 0 Å². The lowest BCUT2D eigenvalue weighted by Crippen LogP contribution is -2.03. The van der Waals surface area contributed by atoms with E-state index in [1.54, 1.807) is 0 Å². The fourth-order valence-electron chi connectivity index (χ4n) is 8.46. The zero-order valence-electron chi connectivity index (χ0n) is 32.0. The van der Waals surface area contributed by atoms with Gasteiger partial charge in [0.2, 0.25) is 0 Å². The zero-order chi connectivity index (χ0) is 40.2. The van der Waals surface area contributed by atoms with Crippen LogP contribution in [0.3, 0.4) is 0 Å². The van der Waals surface area contributed by atoms with Crippen molar-refractivity contribution in [3.05, 3.63) is 199 Å². The van der Waals surface area contributed by atoms with E-state index in [2.05, 4.69) is 120 Å². The van der Waals surface area contributed by atoms with Gasteiger partial charge in [0.25, 0.3) is 0 Å². The molecule has 0 saturated heterocycles. The fourth-order valence-corrected chi connectivity index (χ4v) is 9.72. The van der Waals surface area contributed by atoms with Crippen molar-refractivity contribution in [3.63, 3.8) is 0 Å². The number of nitrogens with zero attached hydrogens (tertiary/aromatic N) is 5. The molecule has 0 fully saturated rings. The quantitative estimate of drug-likeness (QED) is 0.168. The Morgan fingerprint density at radius 1 is 0.433 bits per heavy atom. The first-order chi connectivity index (χ1) is 29.6. The van der Waals surface area contributed by atoms with Gasteiger partial charge in [-0.15, -0.1) is 11.3 Å². The van der Waals surface area contributed by atoms with Gasteiger partial charge in [-0.3, -0.25) is 0 Å². The van der Waals surface area contributed by atoms with Gasteiger partial charge < -0.3 is 4.57 Å². The van der Waals surface area contributed by atoms with E-state index in [1.165, 1.54) is 25.6 Å². The highest BCUT2D eigenvalue weighted by atomic mass is 32.1. The van der Waals surface area contributed by atoms with E-state index in [-0.39, 0.29) is 0 Å². The minimum Gasteiger partial charge on any atom is -0.308 e. The molecule has 0 unspecified atom stereocenters. The van der Waals surface area contributed by atoms with Crippen molar-refractivity contribution in [2.75, 3.05) is 0 Å². The summed E-state index contributed by atoms with van der Waals surface area (Å²) in [6, 6.07) is 68.9. The first-order valence-corrected chi connectivity index (χ1v) is 20.5. The SMILES string of the molecule is N#Cc1ccc(-c2cc(-c3nc(-c4ccccc4)cc(-c4ccccc4)n3)cc(-c3ccc(C#N)cc3)c2-n2c3ccccc3c3c4sc5ccccc5c4ccc32)cc1. The lowest BCUT2D eigenvalue weighted by Gasteiger charge is -2.21. The first kappa shape index (κ1) is 35.0. The van der Waals surface area contributed by atoms with E-state index < -0.39 is 0 Å². The molecule has 0 N–H and O–H groups in total. The van der Waals surface area contributed by atoms with Crippen LogP contribution in [0.2, 0.25) is 0 Å². The summed E-state index contributed by atoms with van der Waals surface area (Å²) in [7, 11) is 0. The zero-order valence-corrected chi connectivity index (χ0v) is 32.9. The molecule has 0 aliphatic heterocycles. The van der Waals surface area contributed by atoms with Gasteiger partial charge in [0.05, 0.1) is 51.4 Å². The number of hydrogen-bond acceptors (Lipinski definition) is 5. The van der Waals surface area contributed by atoms with Gasteiger partial charge in [0, 0.05) is 58.8 Å². The van der Waals surface area contributed by atoms with E-state index in [0.29, 0.717) is 17.0 Å². The average molecular weight is 782 g/mol. The van der Waals surface area contributed by atoms with Crippen molar-refractivity contribution in [1.82, 2.24) is 14.5 Å². The van der Waals surface area contributed by atoms with Gasteiger partial charge in [-0.25, -0.2) is 9.97 Å². The molecule has 0 saturated carbocycles. The van der Waals surface area contributed by atoms with Crippen LogP contribution in [0.15, 0.2) is 188 Å². The van der Waals surface area contributed by atoms with Crippen LogP contribution in [0, 0.1) is 22.7 Å². The second kappa shape index (κ2) is 14.3. The van der Waals surface area contributed by atoms with Gasteiger partial charge >= 0.3 is 0 Å². The molecule has 6 heteroatoms.